The maximum atomic E-state index is 13.0. The zero-order valence-electron chi connectivity index (χ0n) is 15.8. The second-order valence-electron chi connectivity index (χ2n) is 7.05. The number of benzene rings is 1. The van der Waals surface area contributed by atoms with E-state index in [1.165, 1.54) is 13.5 Å². The first-order chi connectivity index (χ1) is 13.4. The average molecular weight is 380 g/mol. The Hall–Kier alpha value is -3.49. The molecule has 0 unspecified atom stereocenters. The maximum Gasteiger partial charge on any atom is 0.318 e. The molecular formula is C19H20N6O3. The highest BCUT2D eigenvalue weighted by atomic mass is 16.5. The number of anilines is 2. The quantitative estimate of drug-likeness (QED) is 0.729. The van der Waals surface area contributed by atoms with Crippen LogP contribution in [0.4, 0.5) is 11.5 Å². The Kier molecular flexibility index (Phi) is 4.21. The van der Waals surface area contributed by atoms with E-state index in [1.807, 2.05) is 38.1 Å². The Labute approximate surface area is 161 Å². The summed E-state index contributed by atoms with van der Waals surface area (Å²) < 4.78 is 9.91. The molecule has 3 aromatic rings. The van der Waals surface area contributed by atoms with Gasteiger partial charge in [-0.3, -0.25) is 4.79 Å². The van der Waals surface area contributed by atoms with Gasteiger partial charge in [0.15, 0.2) is 5.82 Å². The van der Waals surface area contributed by atoms with Crippen molar-refractivity contribution in [3.8, 4) is 6.01 Å². The van der Waals surface area contributed by atoms with E-state index in [0.29, 0.717) is 30.0 Å². The Bertz CT molecular complexity index is 1010. The van der Waals surface area contributed by atoms with Crippen LogP contribution in [0.1, 0.15) is 41.3 Å². The van der Waals surface area contributed by atoms with Crippen LogP contribution in [-0.2, 0) is 11.8 Å². The molecule has 2 N–H and O–H groups in total. The van der Waals surface area contributed by atoms with Crippen molar-refractivity contribution in [2.45, 2.75) is 25.7 Å². The Morgan fingerprint density at radius 2 is 1.96 bits per heavy atom. The molecule has 9 nitrogen and oxygen atoms in total. The second kappa shape index (κ2) is 6.59. The first kappa shape index (κ1) is 17.9. The molecule has 0 fully saturated rings. The van der Waals surface area contributed by atoms with Crippen LogP contribution >= 0.6 is 0 Å². The van der Waals surface area contributed by atoms with E-state index < -0.39 is 5.41 Å². The number of aromatic nitrogens is 4. The molecule has 0 aliphatic carbocycles. The maximum absolute atomic E-state index is 13.0. The van der Waals surface area contributed by atoms with Gasteiger partial charge in [-0.1, -0.05) is 17.3 Å². The van der Waals surface area contributed by atoms with Crippen LogP contribution < -0.4 is 15.4 Å². The van der Waals surface area contributed by atoms with Crippen LogP contribution in [0.5, 0.6) is 6.01 Å². The molecule has 0 atom stereocenters. The zero-order valence-corrected chi connectivity index (χ0v) is 15.8. The number of hydrogen-bond donors (Lipinski definition) is 1. The molecule has 0 radical (unpaired) electrons. The zero-order chi connectivity index (χ0) is 19.9. The summed E-state index contributed by atoms with van der Waals surface area (Å²) in [6.07, 6.45) is 1.89. The predicted molar refractivity (Wildman–Crippen MR) is 101 cm³/mol. The smallest absolute Gasteiger partial charge is 0.318 e. The fourth-order valence-electron chi connectivity index (χ4n) is 3.34. The van der Waals surface area contributed by atoms with Gasteiger partial charge in [0.25, 0.3) is 5.91 Å². The minimum atomic E-state index is -0.418. The minimum Gasteiger partial charge on any atom is -0.467 e. The number of nitrogen functional groups attached to an aromatic ring is 1. The SMILES string of the molecule is COc1nc(N)c2c(n1)CCN(c1ccc(C(C)(C)c3ncon3)cc1)C2=O. The Morgan fingerprint density at radius 3 is 2.61 bits per heavy atom. The van der Waals surface area contributed by atoms with Gasteiger partial charge >= 0.3 is 6.01 Å². The molecule has 2 aromatic heterocycles. The Balaban J connectivity index is 1.63. The molecule has 1 aromatic carbocycles. The van der Waals surface area contributed by atoms with Crippen LogP contribution in [0.2, 0.25) is 0 Å². The number of ether oxygens (including phenoxy) is 1. The van der Waals surface area contributed by atoms with Crippen LogP contribution in [0.3, 0.4) is 0 Å². The van der Waals surface area contributed by atoms with E-state index in [-0.39, 0.29) is 17.7 Å². The third kappa shape index (κ3) is 2.84. The van der Waals surface area contributed by atoms with E-state index in [2.05, 4.69) is 20.1 Å². The molecule has 1 amide bonds. The number of rotatable bonds is 4. The normalized spacial score (nSPS) is 14.1. The number of hydrogen-bond acceptors (Lipinski definition) is 8. The number of nitrogens with two attached hydrogens (primary N) is 1. The molecule has 0 spiro atoms. The lowest BCUT2D eigenvalue weighted by atomic mass is 9.84. The fraction of sp³-hybridized carbons (Fsp3) is 0.316. The van der Waals surface area contributed by atoms with E-state index in [4.69, 9.17) is 15.0 Å². The van der Waals surface area contributed by atoms with E-state index in [0.717, 1.165) is 11.3 Å². The van der Waals surface area contributed by atoms with Crippen LogP contribution in [0, 0.1) is 0 Å². The van der Waals surface area contributed by atoms with Gasteiger partial charge in [0.05, 0.1) is 18.2 Å². The van der Waals surface area contributed by atoms with Gasteiger partial charge in [0, 0.05) is 18.7 Å². The molecule has 28 heavy (non-hydrogen) atoms. The number of carbonyl (C=O) groups is 1. The molecule has 3 heterocycles. The van der Waals surface area contributed by atoms with Crippen LogP contribution in [0.25, 0.3) is 0 Å². The summed E-state index contributed by atoms with van der Waals surface area (Å²) in [6.45, 7) is 4.53. The third-order valence-electron chi connectivity index (χ3n) is 5.03. The number of fused-ring (bicyclic) bond motifs is 1. The molecular weight excluding hydrogens is 360 g/mol. The summed E-state index contributed by atoms with van der Waals surface area (Å²) >= 11 is 0. The molecule has 144 valence electrons. The lowest BCUT2D eigenvalue weighted by molar-refractivity contribution is 0.0980. The number of methoxy groups -OCH3 is 1. The van der Waals surface area contributed by atoms with Crippen molar-refractivity contribution >= 4 is 17.4 Å². The van der Waals surface area contributed by atoms with E-state index in [1.54, 1.807) is 4.90 Å². The van der Waals surface area contributed by atoms with Crippen molar-refractivity contribution < 1.29 is 14.1 Å². The second-order valence-corrected chi connectivity index (χ2v) is 7.05. The highest BCUT2D eigenvalue weighted by molar-refractivity contribution is 6.10. The van der Waals surface area contributed by atoms with Crippen molar-refractivity contribution in [2.24, 2.45) is 0 Å². The van der Waals surface area contributed by atoms with Crippen LogP contribution in [0.15, 0.2) is 35.2 Å². The molecule has 0 bridgehead atoms. The lowest BCUT2D eigenvalue weighted by Gasteiger charge is -2.29. The van der Waals surface area contributed by atoms with Gasteiger partial charge in [0.1, 0.15) is 11.4 Å². The predicted octanol–water partition coefficient (Wildman–Crippen LogP) is 1.98. The molecule has 1 aliphatic rings. The number of carbonyl (C=O) groups excluding carboxylic acids is 1. The van der Waals surface area contributed by atoms with Gasteiger partial charge in [-0.05, 0) is 31.5 Å². The summed E-state index contributed by atoms with van der Waals surface area (Å²) in [4.78, 5) is 27.1. The molecule has 9 heteroatoms. The van der Waals surface area contributed by atoms with E-state index >= 15 is 0 Å². The topological polar surface area (TPSA) is 120 Å². The van der Waals surface area contributed by atoms with Gasteiger partial charge in [-0.15, -0.1) is 0 Å². The molecule has 0 saturated carbocycles. The van der Waals surface area contributed by atoms with Gasteiger partial charge in [0.2, 0.25) is 6.39 Å². The van der Waals surface area contributed by atoms with Gasteiger partial charge in [-0.25, -0.2) is 0 Å². The Morgan fingerprint density at radius 1 is 1.21 bits per heavy atom. The summed E-state index contributed by atoms with van der Waals surface area (Å²) in [5.41, 5.74) is 8.30. The van der Waals surface area contributed by atoms with Crippen molar-refractivity contribution in [1.29, 1.82) is 0 Å². The fourth-order valence-corrected chi connectivity index (χ4v) is 3.34. The van der Waals surface area contributed by atoms with Crippen molar-refractivity contribution in [3.63, 3.8) is 0 Å². The minimum absolute atomic E-state index is 0.131. The van der Waals surface area contributed by atoms with Crippen LogP contribution in [-0.4, -0.2) is 39.7 Å². The molecule has 4 rings (SSSR count). The van der Waals surface area contributed by atoms with Gasteiger partial charge in [-0.2, -0.15) is 15.0 Å². The molecule has 0 saturated heterocycles. The van der Waals surface area contributed by atoms with Gasteiger partial charge < -0.3 is 19.9 Å². The van der Waals surface area contributed by atoms with Crippen molar-refractivity contribution in [2.75, 3.05) is 24.3 Å². The highest BCUT2D eigenvalue weighted by Crippen LogP contribution is 2.32. The first-order valence-corrected chi connectivity index (χ1v) is 8.81. The highest BCUT2D eigenvalue weighted by Gasteiger charge is 2.31. The summed E-state index contributed by atoms with van der Waals surface area (Å²) in [7, 11) is 1.47. The third-order valence-corrected chi connectivity index (χ3v) is 5.03. The monoisotopic (exact) mass is 380 g/mol. The number of nitrogens with zero attached hydrogens (tertiary/aromatic N) is 5. The molecule has 1 aliphatic heterocycles. The average Bonchev–Trinajstić information content (AvgIpc) is 3.23. The summed E-state index contributed by atoms with van der Waals surface area (Å²) in [5, 5.41) is 3.95. The lowest BCUT2D eigenvalue weighted by Crippen LogP contribution is -2.39. The largest absolute Gasteiger partial charge is 0.467 e. The first-order valence-electron chi connectivity index (χ1n) is 8.81. The summed E-state index contributed by atoms with van der Waals surface area (Å²) in [6, 6.07) is 7.90. The number of amides is 1. The van der Waals surface area contributed by atoms with Crippen molar-refractivity contribution in [1.82, 2.24) is 20.1 Å². The summed E-state index contributed by atoms with van der Waals surface area (Å²) in [5.74, 6) is 0.514. The van der Waals surface area contributed by atoms with Crippen molar-refractivity contribution in [3.05, 3.63) is 53.3 Å². The standard InChI is InChI=1S/C19H20N6O3/c1-19(2,17-21-10-28-24-17)11-4-6-12(7-5-11)25-9-8-13-14(16(25)26)15(20)23-18(22-13)27-3/h4-7,10H,8-9H2,1-3H3,(H2,20,22,23). The van der Waals surface area contributed by atoms with E-state index in [9.17, 15) is 4.79 Å².